The minimum absolute atomic E-state index is 0.0600. The van der Waals surface area contributed by atoms with Gasteiger partial charge in [-0.15, -0.1) is 11.3 Å². The van der Waals surface area contributed by atoms with Crippen molar-refractivity contribution in [2.24, 2.45) is 0 Å². The van der Waals surface area contributed by atoms with Crippen LogP contribution in [0.25, 0.3) is 6.08 Å². The van der Waals surface area contributed by atoms with Gasteiger partial charge in [0.25, 0.3) is 0 Å². The molecule has 1 aromatic heterocycles. The van der Waals surface area contributed by atoms with E-state index in [4.69, 9.17) is 0 Å². The Kier molecular flexibility index (Phi) is 4.53. The number of carbonyl (C=O) groups is 1. The molecule has 19 heavy (non-hydrogen) atoms. The second-order valence-corrected chi connectivity index (χ2v) is 5.23. The average Bonchev–Trinajstić information content (AvgIpc) is 2.98. The molecule has 0 bridgehead atoms. The normalized spacial score (nSPS) is 10.8. The van der Waals surface area contributed by atoms with Gasteiger partial charge in [0.1, 0.15) is 0 Å². The molecule has 0 N–H and O–H groups in total. The molecule has 0 saturated heterocycles. The number of benzene rings is 1. The van der Waals surface area contributed by atoms with Gasteiger partial charge in [-0.2, -0.15) is 0 Å². The SMILES string of the molecule is CCN(C)c1ccc(/C=C/C(=O)c2cccs2)cc1. The van der Waals surface area contributed by atoms with E-state index in [-0.39, 0.29) is 5.78 Å². The third-order valence-corrected chi connectivity index (χ3v) is 3.88. The number of anilines is 1. The summed E-state index contributed by atoms with van der Waals surface area (Å²) < 4.78 is 0. The van der Waals surface area contributed by atoms with Gasteiger partial charge < -0.3 is 4.90 Å². The maximum Gasteiger partial charge on any atom is 0.195 e. The predicted molar refractivity (Wildman–Crippen MR) is 83.1 cm³/mol. The van der Waals surface area contributed by atoms with Gasteiger partial charge in [-0.05, 0) is 42.1 Å². The number of allylic oxidation sites excluding steroid dienone is 1. The summed E-state index contributed by atoms with van der Waals surface area (Å²) in [5, 5.41) is 1.91. The molecule has 0 atom stereocenters. The fraction of sp³-hybridized carbons (Fsp3) is 0.188. The van der Waals surface area contributed by atoms with Crippen molar-refractivity contribution in [3.05, 3.63) is 58.3 Å². The van der Waals surface area contributed by atoms with E-state index in [1.165, 1.54) is 17.0 Å². The number of thiophene rings is 1. The van der Waals surface area contributed by atoms with E-state index in [2.05, 4.69) is 31.0 Å². The molecule has 3 heteroatoms. The van der Waals surface area contributed by atoms with Crippen molar-refractivity contribution < 1.29 is 4.79 Å². The number of nitrogens with zero attached hydrogens (tertiary/aromatic N) is 1. The van der Waals surface area contributed by atoms with Crippen LogP contribution in [0, 0.1) is 0 Å². The van der Waals surface area contributed by atoms with Crippen LogP contribution < -0.4 is 4.90 Å². The van der Waals surface area contributed by atoms with Crippen LogP contribution in [0.3, 0.4) is 0 Å². The summed E-state index contributed by atoms with van der Waals surface area (Å²) in [5.41, 5.74) is 2.22. The van der Waals surface area contributed by atoms with Gasteiger partial charge in [0.15, 0.2) is 5.78 Å². The van der Waals surface area contributed by atoms with Crippen molar-refractivity contribution in [3.63, 3.8) is 0 Å². The average molecular weight is 271 g/mol. The Morgan fingerprint density at radius 1 is 1.26 bits per heavy atom. The third-order valence-electron chi connectivity index (χ3n) is 3.00. The van der Waals surface area contributed by atoms with Gasteiger partial charge in [0.2, 0.25) is 0 Å². The largest absolute Gasteiger partial charge is 0.375 e. The van der Waals surface area contributed by atoms with Crippen molar-refractivity contribution in [1.82, 2.24) is 0 Å². The molecule has 2 aromatic rings. The maximum atomic E-state index is 11.8. The lowest BCUT2D eigenvalue weighted by molar-refractivity contribution is 0.105. The molecular weight excluding hydrogens is 254 g/mol. The van der Waals surface area contributed by atoms with Gasteiger partial charge in [0.05, 0.1) is 4.88 Å². The topological polar surface area (TPSA) is 20.3 Å². The van der Waals surface area contributed by atoms with E-state index >= 15 is 0 Å². The monoisotopic (exact) mass is 271 g/mol. The maximum absolute atomic E-state index is 11.8. The zero-order valence-electron chi connectivity index (χ0n) is 11.2. The van der Waals surface area contributed by atoms with Crippen molar-refractivity contribution in [2.75, 3.05) is 18.5 Å². The highest BCUT2D eigenvalue weighted by Crippen LogP contribution is 2.15. The first kappa shape index (κ1) is 13.6. The van der Waals surface area contributed by atoms with Crippen LogP contribution in [0.15, 0.2) is 47.9 Å². The standard InChI is InChI=1S/C16H17NOS/c1-3-17(2)14-9-6-13(7-10-14)8-11-15(18)16-5-4-12-19-16/h4-12H,3H2,1-2H3/b11-8+. The van der Waals surface area contributed by atoms with Gasteiger partial charge >= 0.3 is 0 Å². The molecule has 1 aromatic carbocycles. The molecular formula is C16H17NOS. The minimum Gasteiger partial charge on any atom is -0.375 e. The molecule has 1 heterocycles. The van der Waals surface area contributed by atoms with Gasteiger partial charge in [-0.3, -0.25) is 4.79 Å². The number of rotatable bonds is 5. The lowest BCUT2D eigenvalue weighted by atomic mass is 10.1. The number of hydrogen-bond acceptors (Lipinski definition) is 3. The highest BCUT2D eigenvalue weighted by atomic mass is 32.1. The summed E-state index contributed by atoms with van der Waals surface area (Å²) >= 11 is 1.47. The third kappa shape index (κ3) is 3.55. The van der Waals surface area contributed by atoms with Crippen molar-refractivity contribution in [1.29, 1.82) is 0 Å². The molecule has 2 nitrogen and oxygen atoms in total. The highest BCUT2D eigenvalue weighted by molar-refractivity contribution is 7.12. The van der Waals surface area contributed by atoms with Crippen LogP contribution in [0.4, 0.5) is 5.69 Å². The van der Waals surface area contributed by atoms with E-state index in [9.17, 15) is 4.79 Å². The van der Waals surface area contributed by atoms with Crippen LogP contribution >= 0.6 is 11.3 Å². The van der Waals surface area contributed by atoms with Crippen molar-refractivity contribution in [2.45, 2.75) is 6.92 Å². The molecule has 0 unspecified atom stereocenters. The lowest BCUT2D eigenvalue weighted by Gasteiger charge is -2.16. The molecule has 0 amide bonds. The summed E-state index contributed by atoms with van der Waals surface area (Å²) in [7, 11) is 2.06. The minimum atomic E-state index is 0.0600. The molecule has 0 spiro atoms. The van der Waals surface area contributed by atoms with Crippen LogP contribution in [-0.4, -0.2) is 19.4 Å². The zero-order valence-corrected chi connectivity index (χ0v) is 12.0. The Morgan fingerprint density at radius 2 is 2.00 bits per heavy atom. The molecule has 0 aliphatic heterocycles. The van der Waals surface area contributed by atoms with Crippen molar-refractivity contribution in [3.8, 4) is 0 Å². The number of ketones is 1. The zero-order chi connectivity index (χ0) is 13.7. The Balaban J connectivity index is 2.05. The predicted octanol–water partition coefficient (Wildman–Crippen LogP) is 4.10. The first-order valence-electron chi connectivity index (χ1n) is 6.28. The second kappa shape index (κ2) is 6.34. The van der Waals surface area contributed by atoms with E-state index in [0.29, 0.717) is 0 Å². The summed E-state index contributed by atoms with van der Waals surface area (Å²) in [6.07, 6.45) is 3.49. The number of carbonyl (C=O) groups excluding carboxylic acids is 1. The van der Waals surface area contributed by atoms with Crippen LogP contribution in [0.5, 0.6) is 0 Å². The molecule has 0 fully saturated rings. The van der Waals surface area contributed by atoms with E-state index in [1.54, 1.807) is 6.08 Å². The molecule has 0 saturated carbocycles. The van der Waals surface area contributed by atoms with Crippen molar-refractivity contribution >= 4 is 28.9 Å². The first-order valence-corrected chi connectivity index (χ1v) is 7.16. The first-order chi connectivity index (χ1) is 9.20. The fourth-order valence-corrected chi connectivity index (χ4v) is 2.34. The smallest absolute Gasteiger partial charge is 0.195 e. The quantitative estimate of drug-likeness (QED) is 0.603. The fourth-order valence-electron chi connectivity index (χ4n) is 1.70. The highest BCUT2D eigenvalue weighted by Gasteiger charge is 2.01. The van der Waals surface area contributed by atoms with Gasteiger partial charge in [0, 0.05) is 19.3 Å². The summed E-state index contributed by atoms with van der Waals surface area (Å²) in [5.74, 6) is 0.0600. The van der Waals surface area contributed by atoms with E-state index < -0.39 is 0 Å². The van der Waals surface area contributed by atoms with E-state index in [0.717, 1.165) is 17.0 Å². The summed E-state index contributed by atoms with van der Waals surface area (Å²) in [6.45, 7) is 3.10. The Hall–Kier alpha value is -1.87. The van der Waals surface area contributed by atoms with Gasteiger partial charge in [-0.1, -0.05) is 24.3 Å². The second-order valence-electron chi connectivity index (χ2n) is 4.28. The molecule has 0 aliphatic rings. The molecule has 98 valence electrons. The Bertz CT molecular complexity index is 555. The Morgan fingerprint density at radius 3 is 2.58 bits per heavy atom. The van der Waals surface area contributed by atoms with Crippen LogP contribution in [-0.2, 0) is 0 Å². The van der Waals surface area contributed by atoms with Crippen LogP contribution in [0.2, 0.25) is 0 Å². The number of hydrogen-bond donors (Lipinski definition) is 0. The molecule has 2 rings (SSSR count). The summed E-state index contributed by atoms with van der Waals surface area (Å²) in [4.78, 5) is 14.8. The Labute approximate surface area is 118 Å². The van der Waals surface area contributed by atoms with Crippen LogP contribution in [0.1, 0.15) is 22.2 Å². The van der Waals surface area contributed by atoms with Gasteiger partial charge in [-0.25, -0.2) is 0 Å². The summed E-state index contributed by atoms with van der Waals surface area (Å²) in [6, 6.07) is 11.9. The molecule has 0 radical (unpaired) electrons. The van der Waals surface area contributed by atoms with E-state index in [1.807, 2.05) is 35.7 Å². The molecule has 0 aliphatic carbocycles. The lowest BCUT2D eigenvalue weighted by Crippen LogP contribution is -2.15.